The number of hydrogen-bond donors (Lipinski definition) is 2. The maximum Gasteiger partial charge on any atom is 0.330 e. The fourth-order valence-electron chi connectivity index (χ4n) is 4.05. The molecule has 3 amide bonds. The second kappa shape index (κ2) is 11.8. The lowest BCUT2D eigenvalue weighted by atomic mass is 10.2. The summed E-state index contributed by atoms with van der Waals surface area (Å²) in [6, 6.07) is 11.0. The number of likely N-dealkylation sites (N-methyl/N-ethyl adjacent to an activating group) is 2. The van der Waals surface area contributed by atoms with Crippen LogP contribution in [0.4, 0.5) is 39.4 Å². The summed E-state index contributed by atoms with van der Waals surface area (Å²) in [4.78, 5) is 46.2. The van der Waals surface area contributed by atoms with Gasteiger partial charge < -0.3 is 25.2 Å². The van der Waals surface area contributed by atoms with Crippen molar-refractivity contribution in [3.8, 4) is 5.88 Å². The highest BCUT2D eigenvalue weighted by Gasteiger charge is 2.30. The second-order valence-corrected chi connectivity index (χ2v) is 9.27. The summed E-state index contributed by atoms with van der Waals surface area (Å²) in [6.07, 6.45) is 2.88. The Bertz CT molecular complexity index is 1360. The molecule has 1 aromatic carbocycles. The zero-order valence-electron chi connectivity index (χ0n) is 22.8. The van der Waals surface area contributed by atoms with Crippen molar-refractivity contribution in [3.63, 3.8) is 0 Å². The Labute approximate surface area is 227 Å². The molecule has 2 N–H and O–H groups in total. The predicted molar refractivity (Wildman–Crippen MR) is 153 cm³/mol. The number of urea groups is 1. The van der Waals surface area contributed by atoms with Crippen molar-refractivity contribution in [1.82, 2.24) is 19.9 Å². The van der Waals surface area contributed by atoms with Crippen molar-refractivity contribution in [2.45, 2.75) is 6.54 Å². The lowest BCUT2D eigenvalue weighted by molar-refractivity contribution is -0.111. The van der Waals surface area contributed by atoms with Gasteiger partial charge in [0.15, 0.2) is 5.82 Å². The number of nitrogens with zero attached hydrogens (tertiary/aromatic N) is 7. The van der Waals surface area contributed by atoms with Crippen molar-refractivity contribution in [3.05, 3.63) is 60.8 Å². The fraction of sp³-hybridized carbons (Fsp3) is 0.296. The van der Waals surface area contributed by atoms with Crippen LogP contribution in [0.2, 0.25) is 0 Å². The number of pyridine rings is 1. The highest BCUT2D eigenvalue weighted by Crippen LogP contribution is 2.35. The van der Waals surface area contributed by atoms with Crippen LogP contribution in [0.25, 0.3) is 0 Å². The van der Waals surface area contributed by atoms with Gasteiger partial charge >= 0.3 is 6.03 Å². The second-order valence-electron chi connectivity index (χ2n) is 9.27. The molecule has 0 atom stereocenters. The molecule has 3 aromatic rings. The molecule has 4 rings (SSSR count). The molecular weight excluding hydrogens is 498 g/mol. The van der Waals surface area contributed by atoms with Gasteiger partial charge in [0.05, 0.1) is 19.3 Å². The number of carbonyl (C=O) groups is 2. The third-order valence-electron chi connectivity index (χ3n) is 6.17. The van der Waals surface area contributed by atoms with Gasteiger partial charge in [-0.1, -0.05) is 24.8 Å². The Kier molecular flexibility index (Phi) is 8.25. The van der Waals surface area contributed by atoms with E-state index in [-0.39, 0.29) is 17.9 Å². The first kappa shape index (κ1) is 27.3. The summed E-state index contributed by atoms with van der Waals surface area (Å²) in [5.74, 6) is 1.20. The van der Waals surface area contributed by atoms with Gasteiger partial charge in [-0.2, -0.15) is 9.97 Å². The average Bonchev–Trinajstić information content (AvgIpc) is 2.94. The van der Waals surface area contributed by atoms with E-state index in [0.717, 1.165) is 17.8 Å². The zero-order chi connectivity index (χ0) is 28.1. The van der Waals surface area contributed by atoms with Crippen LogP contribution in [0.1, 0.15) is 5.56 Å². The molecule has 1 aliphatic rings. The molecular formula is C27H33N9O3. The number of benzene rings is 1. The quantitative estimate of drug-likeness (QED) is 0.380. The van der Waals surface area contributed by atoms with E-state index in [9.17, 15) is 9.59 Å². The standard InChI is InChI=1S/C27H33N9O3/c1-7-22(37)29-20-15-21(25(39-6)31-24(20)34(4)14-13-33(2)3)30-26-28-16-18-17-36(19-11-9-8-10-12-19)27(38)35(5)23(18)32-26/h7-12,15-16H,1,13-14,17H2,2-6H3,(H,29,37)(H,28,30,32). The maximum atomic E-state index is 13.1. The normalized spacial score (nSPS) is 12.7. The molecule has 0 spiro atoms. The van der Waals surface area contributed by atoms with Crippen LogP contribution >= 0.6 is 0 Å². The maximum absolute atomic E-state index is 13.1. The number of rotatable bonds is 10. The molecule has 204 valence electrons. The number of amides is 3. The Morgan fingerprint density at radius 2 is 1.90 bits per heavy atom. The number of aromatic nitrogens is 3. The Hall–Kier alpha value is -4.71. The monoisotopic (exact) mass is 531 g/mol. The van der Waals surface area contributed by atoms with Gasteiger partial charge in [0, 0.05) is 44.6 Å². The number of ether oxygens (including phenoxy) is 1. The van der Waals surface area contributed by atoms with E-state index >= 15 is 0 Å². The zero-order valence-corrected chi connectivity index (χ0v) is 22.8. The van der Waals surface area contributed by atoms with E-state index in [1.165, 1.54) is 18.1 Å². The van der Waals surface area contributed by atoms with Crippen LogP contribution in [-0.2, 0) is 11.3 Å². The van der Waals surface area contributed by atoms with Crippen molar-refractivity contribution in [1.29, 1.82) is 0 Å². The Morgan fingerprint density at radius 1 is 1.15 bits per heavy atom. The van der Waals surface area contributed by atoms with Crippen molar-refractivity contribution in [2.75, 3.05) is 73.7 Å². The first-order valence-electron chi connectivity index (χ1n) is 12.3. The van der Waals surface area contributed by atoms with E-state index < -0.39 is 0 Å². The van der Waals surface area contributed by atoms with Crippen molar-refractivity contribution < 1.29 is 14.3 Å². The molecule has 3 heterocycles. The minimum atomic E-state index is -0.372. The molecule has 1 aliphatic heterocycles. The van der Waals surface area contributed by atoms with E-state index in [0.29, 0.717) is 42.0 Å². The Morgan fingerprint density at radius 3 is 2.56 bits per heavy atom. The lowest BCUT2D eigenvalue weighted by Gasteiger charge is -2.34. The highest BCUT2D eigenvalue weighted by molar-refractivity contribution is 6.05. The van der Waals surface area contributed by atoms with Crippen molar-refractivity contribution in [2.24, 2.45) is 0 Å². The smallest absolute Gasteiger partial charge is 0.330 e. The van der Waals surface area contributed by atoms with Gasteiger partial charge in [-0.25, -0.2) is 9.78 Å². The number of para-hydroxylation sites is 1. The summed E-state index contributed by atoms with van der Waals surface area (Å²) >= 11 is 0. The van der Waals surface area contributed by atoms with Gasteiger partial charge in [-0.3, -0.25) is 14.6 Å². The SMILES string of the molecule is C=CC(=O)Nc1cc(Nc2ncc3c(n2)N(C)C(=O)N(c2ccccc2)C3)c(OC)nc1N(C)CCN(C)C. The summed E-state index contributed by atoms with van der Waals surface area (Å²) in [5, 5.41) is 5.95. The molecule has 0 aliphatic carbocycles. The van der Waals surface area contributed by atoms with E-state index in [2.05, 4.69) is 37.1 Å². The van der Waals surface area contributed by atoms with Gasteiger partial charge in [-0.15, -0.1) is 0 Å². The van der Waals surface area contributed by atoms with Crippen LogP contribution in [0.5, 0.6) is 5.88 Å². The van der Waals surface area contributed by atoms with Crippen LogP contribution in [0.3, 0.4) is 0 Å². The topological polar surface area (TPSA) is 119 Å². The lowest BCUT2D eigenvalue weighted by Crippen LogP contribution is -2.45. The number of hydrogen-bond acceptors (Lipinski definition) is 9. The predicted octanol–water partition coefficient (Wildman–Crippen LogP) is 3.32. The van der Waals surface area contributed by atoms with Crippen LogP contribution in [-0.4, -0.2) is 80.2 Å². The number of fused-ring (bicyclic) bond motifs is 1. The Balaban J connectivity index is 1.65. The minimum absolute atomic E-state index is 0.197. The first-order valence-corrected chi connectivity index (χ1v) is 12.3. The molecule has 2 aromatic heterocycles. The molecule has 0 fully saturated rings. The summed E-state index contributed by atoms with van der Waals surface area (Å²) in [6.45, 7) is 5.34. The third-order valence-corrected chi connectivity index (χ3v) is 6.17. The molecule has 0 bridgehead atoms. The molecule has 12 nitrogen and oxygen atoms in total. The van der Waals surface area contributed by atoms with E-state index in [4.69, 9.17) is 4.74 Å². The average molecular weight is 532 g/mol. The largest absolute Gasteiger partial charge is 0.479 e. The minimum Gasteiger partial charge on any atom is -0.479 e. The molecule has 0 radical (unpaired) electrons. The van der Waals surface area contributed by atoms with Gasteiger partial charge in [0.25, 0.3) is 0 Å². The molecule has 0 unspecified atom stereocenters. The summed E-state index contributed by atoms with van der Waals surface area (Å²) < 4.78 is 5.56. The van der Waals surface area contributed by atoms with Gasteiger partial charge in [-0.05, 0) is 38.4 Å². The van der Waals surface area contributed by atoms with Gasteiger partial charge in [0.1, 0.15) is 11.5 Å². The molecule has 39 heavy (non-hydrogen) atoms. The highest BCUT2D eigenvalue weighted by atomic mass is 16.5. The van der Waals surface area contributed by atoms with Crippen LogP contribution in [0.15, 0.2) is 55.3 Å². The first-order chi connectivity index (χ1) is 18.7. The molecule has 0 saturated carbocycles. The van der Waals surface area contributed by atoms with Crippen LogP contribution < -0.4 is 30.1 Å². The number of anilines is 6. The third kappa shape index (κ3) is 6.07. The fourth-order valence-corrected chi connectivity index (χ4v) is 4.05. The van der Waals surface area contributed by atoms with Crippen LogP contribution in [0, 0.1) is 0 Å². The molecule has 12 heteroatoms. The number of carbonyl (C=O) groups excluding carboxylic acids is 2. The van der Waals surface area contributed by atoms with E-state index in [1.54, 1.807) is 24.2 Å². The summed E-state index contributed by atoms with van der Waals surface area (Å²) in [7, 11) is 9.05. The number of methoxy groups -OCH3 is 1. The molecule has 0 saturated heterocycles. The van der Waals surface area contributed by atoms with E-state index in [1.807, 2.05) is 56.4 Å². The number of nitrogens with one attached hydrogen (secondary N) is 2. The van der Waals surface area contributed by atoms with Gasteiger partial charge in [0.2, 0.25) is 17.7 Å². The van der Waals surface area contributed by atoms with Crippen molar-refractivity contribution >= 4 is 46.6 Å². The summed E-state index contributed by atoms with van der Waals surface area (Å²) in [5.41, 5.74) is 2.50.